The van der Waals surface area contributed by atoms with Crippen molar-refractivity contribution in [1.82, 2.24) is 9.97 Å². The van der Waals surface area contributed by atoms with Crippen molar-refractivity contribution < 1.29 is 19.0 Å². The number of aromatic nitrogens is 2. The summed E-state index contributed by atoms with van der Waals surface area (Å²) in [6.07, 6.45) is 0. The first-order valence-electron chi connectivity index (χ1n) is 8.62. The summed E-state index contributed by atoms with van der Waals surface area (Å²) in [5.74, 6) is 2.45. The van der Waals surface area contributed by atoms with E-state index in [4.69, 9.17) is 19.9 Å². The van der Waals surface area contributed by atoms with Crippen molar-refractivity contribution >= 4 is 28.1 Å². The zero-order valence-corrected chi connectivity index (χ0v) is 15.8. The number of fused-ring (bicyclic) bond motifs is 1. The van der Waals surface area contributed by atoms with Gasteiger partial charge in [-0.05, 0) is 12.1 Å². The maximum atomic E-state index is 12.8. The number of imidazole rings is 1. The lowest BCUT2D eigenvalue weighted by Crippen LogP contribution is -2.25. The standard InChI is InChI=1S/C20H20N4O4/c1-26-12-7-11(8-13(9-12)27-2)24-10-15(25)17(19(24)21)20-22-14-5-4-6-16(28-3)18(14)23-20/h4-9H,10,21H2,1-3H3,(H,22,23). The lowest BCUT2D eigenvalue weighted by molar-refractivity contribution is -0.112. The summed E-state index contributed by atoms with van der Waals surface area (Å²) in [7, 11) is 4.72. The summed E-state index contributed by atoms with van der Waals surface area (Å²) in [5.41, 5.74) is 8.83. The third-order valence-electron chi connectivity index (χ3n) is 4.71. The van der Waals surface area contributed by atoms with E-state index in [-0.39, 0.29) is 12.3 Å². The van der Waals surface area contributed by atoms with E-state index in [0.717, 1.165) is 5.52 Å². The number of nitrogens with one attached hydrogen (secondary N) is 1. The average molecular weight is 380 g/mol. The first-order chi connectivity index (χ1) is 13.5. The molecule has 0 amide bonds. The van der Waals surface area contributed by atoms with Gasteiger partial charge in [0.15, 0.2) is 5.78 Å². The molecule has 1 aromatic heterocycles. The van der Waals surface area contributed by atoms with E-state index in [1.54, 1.807) is 44.4 Å². The number of aromatic amines is 1. The Kier molecular flexibility index (Phi) is 4.31. The van der Waals surface area contributed by atoms with Crippen LogP contribution in [0.25, 0.3) is 16.6 Å². The Labute approximate surface area is 161 Å². The molecule has 0 spiro atoms. The lowest BCUT2D eigenvalue weighted by atomic mass is 10.2. The third kappa shape index (κ3) is 2.79. The number of Topliss-reactive ketones (excluding diaryl/α,β-unsaturated/α-hetero) is 1. The quantitative estimate of drug-likeness (QED) is 0.700. The van der Waals surface area contributed by atoms with Gasteiger partial charge < -0.3 is 29.8 Å². The first-order valence-corrected chi connectivity index (χ1v) is 8.62. The molecule has 0 bridgehead atoms. The van der Waals surface area contributed by atoms with Crippen LogP contribution in [0.4, 0.5) is 5.69 Å². The van der Waals surface area contributed by atoms with Crippen molar-refractivity contribution in [2.75, 3.05) is 32.8 Å². The fraction of sp³-hybridized carbons (Fsp3) is 0.200. The van der Waals surface area contributed by atoms with Crippen molar-refractivity contribution in [2.45, 2.75) is 0 Å². The zero-order chi connectivity index (χ0) is 19.8. The highest BCUT2D eigenvalue weighted by Crippen LogP contribution is 2.35. The molecule has 0 saturated heterocycles. The highest BCUT2D eigenvalue weighted by atomic mass is 16.5. The Bertz CT molecular complexity index is 1080. The number of carbonyl (C=O) groups excluding carboxylic acids is 1. The average Bonchev–Trinajstić information content (AvgIpc) is 3.27. The molecular formula is C20H20N4O4. The molecule has 3 N–H and O–H groups in total. The van der Waals surface area contributed by atoms with Crippen LogP contribution in [0.1, 0.15) is 5.82 Å². The van der Waals surface area contributed by atoms with E-state index < -0.39 is 0 Å². The number of para-hydroxylation sites is 1. The second kappa shape index (κ2) is 6.80. The van der Waals surface area contributed by atoms with Crippen LogP contribution in [0.2, 0.25) is 0 Å². The van der Waals surface area contributed by atoms with E-state index in [0.29, 0.717) is 45.7 Å². The van der Waals surface area contributed by atoms with Crippen LogP contribution >= 0.6 is 0 Å². The summed E-state index contributed by atoms with van der Waals surface area (Å²) >= 11 is 0. The van der Waals surface area contributed by atoms with Gasteiger partial charge in [-0.25, -0.2) is 4.98 Å². The number of H-pyrrole nitrogens is 1. The van der Waals surface area contributed by atoms with Crippen LogP contribution in [-0.2, 0) is 4.79 Å². The molecule has 0 atom stereocenters. The van der Waals surface area contributed by atoms with Crippen LogP contribution in [0.15, 0.2) is 42.2 Å². The maximum absolute atomic E-state index is 12.8. The number of nitrogens with two attached hydrogens (primary N) is 1. The molecule has 8 heteroatoms. The maximum Gasteiger partial charge on any atom is 0.189 e. The Balaban J connectivity index is 1.80. The summed E-state index contributed by atoms with van der Waals surface area (Å²) in [6.45, 7) is 0.103. The Morgan fingerprint density at radius 1 is 1.07 bits per heavy atom. The number of methoxy groups -OCH3 is 3. The first kappa shape index (κ1) is 17.7. The minimum atomic E-state index is -0.127. The predicted molar refractivity (Wildman–Crippen MR) is 106 cm³/mol. The minimum absolute atomic E-state index is 0.103. The Morgan fingerprint density at radius 2 is 1.79 bits per heavy atom. The van der Waals surface area contributed by atoms with Gasteiger partial charge in [-0.15, -0.1) is 0 Å². The molecule has 1 aliphatic heterocycles. The topological polar surface area (TPSA) is 103 Å². The number of carbonyl (C=O) groups is 1. The second-order valence-corrected chi connectivity index (χ2v) is 6.28. The number of hydrogen-bond acceptors (Lipinski definition) is 7. The molecular weight excluding hydrogens is 360 g/mol. The molecule has 3 aromatic rings. The fourth-order valence-electron chi connectivity index (χ4n) is 3.31. The molecule has 0 radical (unpaired) electrons. The molecule has 0 aliphatic carbocycles. The molecule has 0 unspecified atom stereocenters. The number of benzene rings is 2. The summed E-state index contributed by atoms with van der Waals surface area (Å²) in [4.78, 5) is 22.2. The van der Waals surface area contributed by atoms with Crippen LogP contribution in [-0.4, -0.2) is 43.6 Å². The summed E-state index contributed by atoms with van der Waals surface area (Å²) in [5, 5.41) is 0. The van der Waals surface area contributed by atoms with Gasteiger partial charge in [-0.2, -0.15) is 0 Å². The van der Waals surface area contributed by atoms with Crippen LogP contribution in [0.5, 0.6) is 17.2 Å². The number of ether oxygens (including phenoxy) is 3. The van der Waals surface area contributed by atoms with E-state index >= 15 is 0 Å². The van der Waals surface area contributed by atoms with Crippen LogP contribution < -0.4 is 24.8 Å². The van der Waals surface area contributed by atoms with Gasteiger partial charge in [0.25, 0.3) is 0 Å². The minimum Gasteiger partial charge on any atom is -0.497 e. The van der Waals surface area contributed by atoms with Gasteiger partial charge in [0, 0.05) is 18.2 Å². The number of hydrogen-bond donors (Lipinski definition) is 2. The number of nitrogens with zero attached hydrogens (tertiary/aromatic N) is 2. The zero-order valence-electron chi connectivity index (χ0n) is 15.8. The summed E-state index contributed by atoms with van der Waals surface area (Å²) in [6, 6.07) is 10.9. The highest BCUT2D eigenvalue weighted by Gasteiger charge is 2.32. The van der Waals surface area contributed by atoms with Crippen LogP contribution in [0, 0.1) is 0 Å². The lowest BCUT2D eigenvalue weighted by Gasteiger charge is -2.20. The molecule has 0 saturated carbocycles. The third-order valence-corrected chi connectivity index (χ3v) is 4.71. The molecule has 1 aliphatic rings. The van der Waals surface area contributed by atoms with Crippen molar-refractivity contribution in [2.24, 2.45) is 5.73 Å². The molecule has 2 heterocycles. The Hall–Kier alpha value is -3.68. The van der Waals surface area contributed by atoms with E-state index in [1.807, 2.05) is 18.2 Å². The molecule has 144 valence electrons. The normalized spacial score (nSPS) is 14.1. The second-order valence-electron chi connectivity index (χ2n) is 6.28. The molecule has 4 rings (SSSR count). The van der Waals surface area contributed by atoms with Crippen molar-refractivity contribution in [3.8, 4) is 17.2 Å². The number of anilines is 1. The van der Waals surface area contributed by atoms with E-state index in [2.05, 4.69) is 9.97 Å². The Morgan fingerprint density at radius 3 is 2.43 bits per heavy atom. The SMILES string of the molecule is COc1cc(OC)cc(N2CC(=O)C(c3nc4c(OC)cccc4[nH]3)=C2N)c1. The van der Waals surface area contributed by atoms with E-state index in [1.165, 1.54) is 0 Å². The number of ketones is 1. The van der Waals surface area contributed by atoms with Gasteiger partial charge in [-0.1, -0.05) is 6.07 Å². The largest absolute Gasteiger partial charge is 0.497 e. The monoisotopic (exact) mass is 380 g/mol. The smallest absolute Gasteiger partial charge is 0.189 e. The fourth-order valence-corrected chi connectivity index (χ4v) is 3.31. The molecule has 28 heavy (non-hydrogen) atoms. The molecule has 8 nitrogen and oxygen atoms in total. The van der Waals surface area contributed by atoms with Gasteiger partial charge in [0.05, 0.1) is 39.1 Å². The highest BCUT2D eigenvalue weighted by molar-refractivity contribution is 6.26. The van der Waals surface area contributed by atoms with Gasteiger partial charge in [0.1, 0.15) is 40.0 Å². The summed E-state index contributed by atoms with van der Waals surface area (Å²) < 4.78 is 16.0. The van der Waals surface area contributed by atoms with Gasteiger partial charge in [0.2, 0.25) is 0 Å². The van der Waals surface area contributed by atoms with Crippen molar-refractivity contribution in [1.29, 1.82) is 0 Å². The van der Waals surface area contributed by atoms with E-state index in [9.17, 15) is 4.79 Å². The molecule has 2 aromatic carbocycles. The number of rotatable bonds is 5. The van der Waals surface area contributed by atoms with Gasteiger partial charge in [-0.3, -0.25) is 4.79 Å². The van der Waals surface area contributed by atoms with Crippen molar-refractivity contribution in [3.05, 3.63) is 48.0 Å². The van der Waals surface area contributed by atoms with Crippen molar-refractivity contribution in [3.63, 3.8) is 0 Å². The van der Waals surface area contributed by atoms with Crippen LogP contribution in [0.3, 0.4) is 0 Å². The predicted octanol–water partition coefficient (Wildman–Crippen LogP) is 2.31. The van der Waals surface area contributed by atoms with Gasteiger partial charge >= 0.3 is 0 Å². The molecule has 0 fully saturated rings.